The molecule has 0 aromatic rings. The van der Waals surface area contributed by atoms with Crippen LogP contribution in [0.3, 0.4) is 0 Å². The second kappa shape index (κ2) is 39.9. The van der Waals surface area contributed by atoms with E-state index in [1.807, 2.05) is 0 Å². The van der Waals surface area contributed by atoms with Crippen molar-refractivity contribution in [2.24, 2.45) is 11.8 Å². The van der Waals surface area contributed by atoms with Crippen LogP contribution < -0.4 is 21.3 Å². The highest BCUT2D eigenvalue weighted by Gasteiger charge is 2.29. The van der Waals surface area contributed by atoms with Gasteiger partial charge in [-0.1, -0.05) is 89.9 Å². The van der Waals surface area contributed by atoms with Crippen molar-refractivity contribution >= 4 is 41.4 Å². The first-order chi connectivity index (χ1) is 30.5. The Morgan fingerprint density at radius 2 is 0.952 bits per heavy atom. The number of carbonyl (C=O) groups excluding carboxylic acids is 5. The number of ketones is 1. The Balaban J connectivity index is 2.00. The Morgan fingerprint density at radius 1 is 0.508 bits per heavy atom. The van der Waals surface area contributed by atoms with Crippen LogP contribution in [0.25, 0.3) is 0 Å². The predicted octanol–water partition coefficient (Wildman–Crippen LogP) is 5.25. The third-order valence-corrected chi connectivity index (χ3v) is 11.0. The Labute approximate surface area is 376 Å². The minimum absolute atomic E-state index is 0.0456. The number of amides is 4. The molecule has 1 rings (SSSR count). The first-order valence-electron chi connectivity index (χ1n) is 23.8. The molecule has 1 aliphatic carbocycles. The van der Waals surface area contributed by atoms with Crippen LogP contribution in [0, 0.1) is 11.8 Å². The number of hydrogen-bond acceptors (Lipinski definition) is 11. The van der Waals surface area contributed by atoms with Crippen LogP contribution in [0.4, 0.5) is 0 Å². The molecule has 6 N–H and O–H groups in total. The quantitative estimate of drug-likeness (QED) is 0.0429. The van der Waals surface area contributed by atoms with Crippen LogP contribution in [0.2, 0.25) is 0 Å². The predicted molar refractivity (Wildman–Crippen MR) is 238 cm³/mol. The van der Waals surface area contributed by atoms with Gasteiger partial charge in [-0.05, 0) is 57.8 Å². The number of ether oxygens (including phenoxy) is 4. The fourth-order valence-electron chi connectivity index (χ4n) is 7.32. The summed E-state index contributed by atoms with van der Waals surface area (Å²) in [7, 11) is 0. The zero-order chi connectivity index (χ0) is 46.2. The molecule has 1 saturated carbocycles. The Kier molecular flexibility index (Phi) is 36.3. The van der Waals surface area contributed by atoms with Crippen LogP contribution >= 0.6 is 0 Å². The van der Waals surface area contributed by atoms with E-state index in [1.54, 1.807) is 0 Å². The number of carboxylic acids is 2. The second-order valence-electron chi connectivity index (χ2n) is 16.7. The molecule has 0 aliphatic heterocycles. The van der Waals surface area contributed by atoms with Gasteiger partial charge in [0.05, 0.1) is 39.6 Å². The molecular formula is C46H82N4O13. The van der Waals surface area contributed by atoms with E-state index in [0.29, 0.717) is 58.6 Å². The van der Waals surface area contributed by atoms with Gasteiger partial charge < -0.3 is 50.4 Å². The van der Waals surface area contributed by atoms with E-state index < -0.39 is 18.0 Å². The molecule has 1 unspecified atom stereocenters. The van der Waals surface area contributed by atoms with Crippen LogP contribution in [0.1, 0.15) is 161 Å². The van der Waals surface area contributed by atoms with E-state index in [2.05, 4.69) is 21.3 Å². The summed E-state index contributed by atoms with van der Waals surface area (Å²) < 4.78 is 21.0. The standard InChI is InChI=1S/C46H82N4O13/c1-37(51)35-62-32-30-61-29-27-48-43(54)36-63-33-31-60-28-26-47-42(53)25-24-40(46(58)59)50-45(57)39-22-20-38(21-23-39)34-49-41(52)18-16-14-12-10-8-6-4-2-3-5-7-9-11-13-15-17-19-44(55)56/h38-40H,2-36H2,1H3,(H,47,53)(H,48,54)(H,49,52)(H,50,57)(H,55,56)(H,58,59)/t38-,39-,40?. The maximum absolute atomic E-state index is 12.9. The summed E-state index contributed by atoms with van der Waals surface area (Å²) in [6.45, 7) is 3.96. The van der Waals surface area contributed by atoms with E-state index in [9.17, 15) is 38.7 Å². The fraction of sp³-hybridized carbons (Fsp3) is 0.848. The number of carbonyl (C=O) groups is 7. The number of nitrogens with one attached hydrogen (secondary N) is 4. The SMILES string of the molecule is CC(=O)COCCOCCNC(=O)COCCOCCNC(=O)CCC(NC(=O)[C@H]1CC[C@H](CNC(=O)CCCCCCCCCCCCCCCCCCC(=O)O)CC1)C(=O)O. The molecule has 63 heavy (non-hydrogen) atoms. The molecule has 0 radical (unpaired) electrons. The van der Waals surface area contributed by atoms with Gasteiger partial charge in [-0.2, -0.15) is 0 Å². The van der Waals surface area contributed by atoms with Gasteiger partial charge in [-0.25, -0.2) is 4.79 Å². The molecule has 0 bridgehead atoms. The van der Waals surface area contributed by atoms with Crippen LogP contribution in [0.5, 0.6) is 0 Å². The van der Waals surface area contributed by atoms with Gasteiger partial charge in [0, 0.05) is 44.8 Å². The minimum Gasteiger partial charge on any atom is -0.481 e. The van der Waals surface area contributed by atoms with E-state index in [0.717, 1.165) is 51.4 Å². The molecule has 4 amide bonds. The third-order valence-electron chi connectivity index (χ3n) is 11.0. The monoisotopic (exact) mass is 899 g/mol. The summed E-state index contributed by atoms with van der Waals surface area (Å²) in [6, 6.07) is -1.18. The summed E-state index contributed by atoms with van der Waals surface area (Å²) in [5.41, 5.74) is 0. The molecule has 0 aromatic carbocycles. The first-order valence-corrected chi connectivity index (χ1v) is 23.8. The van der Waals surface area contributed by atoms with Crippen molar-refractivity contribution in [1.82, 2.24) is 21.3 Å². The van der Waals surface area contributed by atoms with Crippen LogP contribution in [-0.2, 0) is 52.5 Å². The van der Waals surface area contributed by atoms with Crippen molar-refractivity contribution in [3.05, 3.63) is 0 Å². The number of aliphatic carboxylic acids is 2. The van der Waals surface area contributed by atoms with Gasteiger partial charge in [0.1, 0.15) is 19.3 Å². The molecule has 364 valence electrons. The largest absolute Gasteiger partial charge is 0.481 e. The first kappa shape index (κ1) is 57.3. The molecule has 17 heteroatoms. The van der Waals surface area contributed by atoms with E-state index in [1.165, 1.54) is 71.1 Å². The topological polar surface area (TPSA) is 245 Å². The molecule has 1 fully saturated rings. The zero-order valence-corrected chi connectivity index (χ0v) is 38.4. The van der Waals surface area contributed by atoms with Crippen molar-refractivity contribution in [3.8, 4) is 0 Å². The molecule has 0 aromatic heterocycles. The maximum Gasteiger partial charge on any atom is 0.326 e. The van der Waals surface area contributed by atoms with Gasteiger partial charge in [-0.3, -0.25) is 28.8 Å². The van der Waals surface area contributed by atoms with Gasteiger partial charge in [0.15, 0.2) is 5.78 Å². The lowest BCUT2D eigenvalue weighted by molar-refractivity contribution is -0.143. The third kappa shape index (κ3) is 36.4. The average Bonchev–Trinajstić information content (AvgIpc) is 3.25. The van der Waals surface area contributed by atoms with E-state index >= 15 is 0 Å². The normalized spacial score (nSPS) is 15.3. The summed E-state index contributed by atoms with van der Waals surface area (Å²) in [6.07, 6.45) is 22.3. The highest BCUT2D eigenvalue weighted by Crippen LogP contribution is 2.29. The van der Waals surface area contributed by atoms with Crippen molar-refractivity contribution in [1.29, 1.82) is 0 Å². The Bertz CT molecular complexity index is 1260. The van der Waals surface area contributed by atoms with Crippen molar-refractivity contribution in [3.63, 3.8) is 0 Å². The van der Waals surface area contributed by atoms with Gasteiger partial charge in [-0.15, -0.1) is 0 Å². The fourth-order valence-corrected chi connectivity index (χ4v) is 7.32. The lowest BCUT2D eigenvalue weighted by Gasteiger charge is -2.28. The average molecular weight is 899 g/mol. The molecule has 0 spiro atoms. The Morgan fingerprint density at radius 3 is 1.44 bits per heavy atom. The molecule has 1 atom stereocenters. The second-order valence-corrected chi connectivity index (χ2v) is 16.7. The van der Waals surface area contributed by atoms with E-state index in [-0.39, 0.29) is 93.7 Å². The number of unbranched alkanes of at least 4 members (excludes halogenated alkanes) is 15. The van der Waals surface area contributed by atoms with Gasteiger partial charge in [0.25, 0.3) is 0 Å². The number of Topliss-reactive ketones (excluding diaryl/α,β-unsaturated/α-hetero) is 1. The molecular weight excluding hydrogens is 817 g/mol. The summed E-state index contributed by atoms with van der Waals surface area (Å²) >= 11 is 0. The molecule has 0 saturated heterocycles. The highest BCUT2D eigenvalue weighted by molar-refractivity contribution is 5.85. The molecule has 1 aliphatic rings. The summed E-state index contributed by atoms with van der Waals surface area (Å²) in [5.74, 6) is -2.86. The summed E-state index contributed by atoms with van der Waals surface area (Å²) in [4.78, 5) is 82.6. The van der Waals surface area contributed by atoms with Crippen LogP contribution in [0.15, 0.2) is 0 Å². The van der Waals surface area contributed by atoms with Crippen molar-refractivity contribution in [2.45, 2.75) is 167 Å². The molecule has 0 heterocycles. The van der Waals surface area contributed by atoms with Gasteiger partial charge in [0.2, 0.25) is 23.6 Å². The van der Waals surface area contributed by atoms with Crippen molar-refractivity contribution in [2.75, 3.05) is 72.5 Å². The zero-order valence-electron chi connectivity index (χ0n) is 38.4. The number of carboxylic acid groups (broad SMARTS) is 2. The summed E-state index contributed by atoms with van der Waals surface area (Å²) in [5, 5.41) is 29.3. The smallest absolute Gasteiger partial charge is 0.326 e. The molecule has 17 nitrogen and oxygen atoms in total. The van der Waals surface area contributed by atoms with Gasteiger partial charge >= 0.3 is 11.9 Å². The maximum atomic E-state index is 12.9. The lowest BCUT2D eigenvalue weighted by Crippen LogP contribution is -2.45. The van der Waals surface area contributed by atoms with E-state index in [4.69, 9.17) is 24.1 Å². The van der Waals surface area contributed by atoms with Crippen LogP contribution in [-0.4, -0.2) is 130 Å². The highest BCUT2D eigenvalue weighted by atomic mass is 16.5. The number of hydrogen-bond donors (Lipinski definition) is 6. The lowest BCUT2D eigenvalue weighted by atomic mass is 9.81. The Hall–Kier alpha value is -3.67. The minimum atomic E-state index is -1.19. The van der Waals surface area contributed by atoms with Crippen molar-refractivity contribution < 1.29 is 62.7 Å². The number of rotatable bonds is 43.